The minimum Gasteiger partial charge on any atom is -0.395 e. The molecule has 1 N–H and O–H groups in total. The fourth-order valence-corrected chi connectivity index (χ4v) is 3.22. The number of anilines is 1. The highest BCUT2D eigenvalue weighted by atomic mass is 32.1. The first-order chi connectivity index (χ1) is 11.8. The Kier molecular flexibility index (Phi) is 5.55. The van der Waals surface area contributed by atoms with E-state index >= 15 is 0 Å². The van der Waals surface area contributed by atoms with E-state index in [4.69, 9.17) is 0 Å². The van der Waals surface area contributed by atoms with Gasteiger partial charge in [0.05, 0.1) is 19.3 Å². The fraction of sp³-hybridized carbons (Fsp3) is 0.353. The maximum Gasteiger partial charge on any atom is 0.205 e. The van der Waals surface area contributed by atoms with Crippen molar-refractivity contribution in [1.82, 2.24) is 19.1 Å². The summed E-state index contributed by atoms with van der Waals surface area (Å²) in [4.78, 5) is 6.56. The molecule has 1 aromatic carbocycles. The summed E-state index contributed by atoms with van der Waals surface area (Å²) in [7, 11) is 0. The van der Waals surface area contributed by atoms with E-state index in [1.165, 1.54) is 17.1 Å². The molecule has 0 spiro atoms. The zero-order chi connectivity index (χ0) is 16.8. The number of nitrogens with zero attached hydrogens (tertiary/aromatic N) is 5. The Labute approximate surface area is 145 Å². The molecule has 0 radical (unpaired) electrons. The largest absolute Gasteiger partial charge is 0.395 e. The molecular weight excluding hydrogens is 322 g/mol. The Bertz CT molecular complexity index is 755. The van der Waals surface area contributed by atoms with Gasteiger partial charge in [0.25, 0.3) is 0 Å². The van der Waals surface area contributed by atoms with Crippen LogP contribution < -0.4 is 4.90 Å². The van der Waals surface area contributed by atoms with Crippen molar-refractivity contribution in [3.05, 3.63) is 59.7 Å². The second-order valence-electron chi connectivity index (χ2n) is 5.52. The van der Waals surface area contributed by atoms with Crippen LogP contribution in [0.25, 0.3) is 0 Å². The lowest BCUT2D eigenvalue weighted by Crippen LogP contribution is -2.25. The Balaban J connectivity index is 1.69. The second-order valence-corrected chi connectivity index (χ2v) is 6.25. The summed E-state index contributed by atoms with van der Waals surface area (Å²) >= 11 is 1.38. The molecule has 3 aromatic rings. The molecule has 2 aromatic heterocycles. The molecule has 0 amide bonds. The first-order valence-corrected chi connectivity index (χ1v) is 8.79. The summed E-state index contributed by atoms with van der Waals surface area (Å²) in [5, 5.41) is 14.6. The van der Waals surface area contributed by atoms with Crippen molar-refractivity contribution in [2.45, 2.75) is 26.4 Å². The van der Waals surface area contributed by atoms with Gasteiger partial charge < -0.3 is 10.0 Å². The molecule has 0 saturated heterocycles. The highest BCUT2D eigenvalue weighted by Crippen LogP contribution is 2.19. The molecule has 0 aliphatic carbocycles. The Morgan fingerprint density at radius 3 is 2.75 bits per heavy atom. The maximum absolute atomic E-state index is 9.33. The molecule has 3 rings (SSSR count). The van der Waals surface area contributed by atoms with E-state index in [9.17, 15) is 5.11 Å². The van der Waals surface area contributed by atoms with Crippen LogP contribution in [-0.2, 0) is 19.5 Å². The summed E-state index contributed by atoms with van der Waals surface area (Å²) in [5.41, 5.74) is 2.31. The molecule has 24 heavy (non-hydrogen) atoms. The predicted octanol–water partition coefficient (Wildman–Crippen LogP) is 2.34. The van der Waals surface area contributed by atoms with Gasteiger partial charge in [-0.2, -0.15) is 9.47 Å². The van der Waals surface area contributed by atoms with Crippen LogP contribution in [0.2, 0.25) is 0 Å². The third-order valence-electron chi connectivity index (χ3n) is 3.66. The van der Waals surface area contributed by atoms with Crippen LogP contribution >= 0.6 is 11.5 Å². The van der Waals surface area contributed by atoms with Crippen molar-refractivity contribution in [2.75, 3.05) is 18.1 Å². The van der Waals surface area contributed by atoms with Crippen molar-refractivity contribution in [1.29, 1.82) is 0 Å². The number of benzene rings is 1. The summed E-state index contributed by atoms with van der Waals surface area (Å²) in [5.74, 6) is 0.845. The minimum absolute atomic E-state index is 0.0825. The van der Waals surface area contributed by atoms with Gasteiger partial charge in [-0.1, -0.05) is 37.3 Å². The molecule has 0 bridgehead atoms. The summed E-state index contributed by atoms with van der Waals surface area (Å²) in [6.45, 7) is 4.06. The smallest absolute Gasteiger partial charge is 0.205 e. The lowest BCUT2D eigenvalue weighted by molar-refractivity contribution is 0.301. The number of hydrogen-bond acceptors (Lipinski definition) is 6. The molecule has 0 saturated carbocycles. The molecule has 0 aliphatic rings. The van der Waals surface area contributed by atoms with Crippen molar-refractivity contribution >= 4 is 16.7 Å². The normalized spacial score (nSPS) is 10.9. The van der Waals surface area contributed by atoms with Crippen LogP contribution in [0, 0.1) is 0 Å². The van der Waals surface area contributed by atoms with E-state index in [0.717, 1.165) is 29.5 Å². The van der Waals surface area contributed by atoms with Crippen LogP contribution in [0.1, 0.15) is 23.9 Å². The molecule has 0 atom stereocenters. The number of aliphatic hydroxyl groups is 1. The molecule has 0 fully saturated rings. The Morgan fingerprint density at radius 1 is 1.21 bits per heavy atom. The van der Waals surface area contributed by atoms with Crippen molar-refractivity contribution in [2.24, 2.45) is 0 Å². The maximum atomic E-state index is 9.33. The van der Waals surface area contributed by atoms with Gasteiger partial charge in [0.2, 0.25) is 5.13 Å². The monoisotopic (exact) mass is 343 g/mol. The molecule has 0 unspecified atom stereocenters. The molecule has 7 heteroatoms. The van der Waals surface area contributed by atoms with Crippen LogP contribution in [-0.4, -0.2) is 37.4 Å². The summed E-state index contributed by atoms with van der Waals surface area (Å²) < 4.78 is 6.26. The van der Waals surface area contributed by atoms with Gasteiger partial charge >= 0.3 is 0 Å². The van der Waals surface area contributed by atoms with E-state index in [2.05, 4.69) is 26.6 Å². The van der Waals surface area contributed by atoms with E-state index in [0.29, 0.717) is 13.1 Å². The topological polar surface area (TPSA) is 67.1 Å². The van der Waals surface area contributed by atoms with Crippen LogP contribution in [0.3, 0.4) is 0 Å². The van der Waals surface area contributed by atoms with E-state index < -0.39 is 0 Å². The Hall–Kier alpha value is -2.25. The van der Waals surface area contributed by atoms with Gasteiger partial charge in [0.1, 0.15) is 5.82 Å². The highest BCUT2D eigenvalue weighted by molar-refractivity contribution is 7.09. The van der Waals surface area contributed by atoms with Crippen LogP contribution in [0.15, 0.2) is 42.7 Å². The van der Waals surface area contributed by atoms with E-state index in [1.807, 2.05) is 47.1 Å². The third-order valence-corrected chi connectivity index (χ3v) is 4.48. The van der Waals surface area contributed by atoms with Gasteiger partial charge in [-0.05, 0) is 5.56 Å². The zero-order valence-corrected chi connectivity index (χ0v) is 14.5. The van der Waals surface area contributed by atoms with E-state index in [1.54, 1.807) is 0 Å². The quantitative estimate of drug-likeness (QED) is 0.680. The van der Waals surface area contributed by atoms with Crippen molar-refractivity contribution in [3.63, 3.8) is 0 Å². The lowest BCUT2D eigenvalue weighted by Gasteiger charge is -2.19. The van der Waals surface area contributed by atoms with Crippen molar-refractivity contribution < 1.29 is 5.11 Å². The zero-order valence-electron chi connectivity index (χ0n) is 13.7. The average Bonchev–Trinajstić information content (AvgIpc) is 3.25. The molecular formula is C17H21N5OS. The van der Waals surface area contributed by atoms with Crippen molar-refractivity contribution in [3.8, 4) is 0 Å². The summed E-state index contributed by atoms with van der Waals surface area (Å²) in [6, 6.07) is 10.3. The number of aryl methyl sites for hydroxylation is 1. The molecule has 0 aliphatic heterocycles. The minimum atomic E-state index is 0.0825. The summed E-state index contributed by atoms with van der Waals surface area (Å²) in [6.07, 6.45) is 4.73. The highest BCUT2D eigenvalue weighted by Gasteiger charge is 2.13. The average molecular weight is 343 g/mol. The fourth-order valence-electron chi connectivity index (χ4n) is 2.45. The SMILES string of the molecule is CCc1nsc(N(CCO)Cc2cnn(Cc3ccccc3)c2)n1. The number of aromatic nitrogens is 4. The van der Waals surface area contributed by atoms with Gasteiger partial charge in [-0.15, -0.1) is 0 Å². The number of rotatable bonds is 8. The third kappa shape index (κ3) is 4.18. The van der Waals surface area contributed by atoms with Gasteiger partial charge in [0.15, 0.2) is 0 Å². The standard InChI is InChI=1S/C17H21N5OS/c1-2-16-19-17(24-20-16)21(8-9-23)11-15-10-18-22(13-15)12-14-6-4-3-5-7-14/h3-7,10,13,23H,2,8-9,11-12H2,1H3. The molecule has 6 nitrogen and oxygen atoms in total. The first kappa shape index (κ1) is 16.6. The van der Waals surface area contributed by atoms with E-state index in [-0.39, 0.29) is 6.61 Å². The Morgan fingerprint density at radius 2 is 2.04 bits per heavy atom. The van der Waals surface area contributed by atoms with Crippen LogP contribution in [0.5, 0.6) is 0 Å². The second kappa shape index (κ2) is 8.03. The van der Waals surface area contributed by atoms with Crippen LogP contribution in [0.4, 0.5) is 5.13 Å². The molecule has 2 heterocycles. The first-order valence-electron chi connectivity index (χ1n) is 8.02. The van der Waals surface area contributed by atoms with Gasteiger partial charge in [0, 0.05) is 42.8 Å². The predicted molar refractivity (Wildman–Crippen MR) is 95.2 cm³/mol. The van der Waals surface area contributed by atoms with Gasteiger partial charge in [-0.25, -0.2) is 4.98 Å². The number of aliphatic hydroxyl groups excluding tert-OH is 1. The molecule has 126 valence electrons. The lowest BCUT2D eigenvalue weighted by atomic mass is 10.2. The number of hydrogen-bond donors (Lipinski definition) is 1. The van der Waals surface area contributed by atoms with Gasteiger partial charge in [-0.3, -0.25) is 4.68 Å².